The maximum Gasteiger partial charge on any atom is 0.326 e. The van der Waals surface area contributed by atoms with Crippen molar-refractivity contribution in [2.45, 2.75) is 50.9 Å². The number of aliphatic hydroxyl groups excluding tert-OH is 2. The number of aromatic amines is 1. The molecule has 0 aliphatic heterocycles. The van der Waals surface area contributed by atoms with Gasteiger partial charge < -0.3 is 42.0 Å². The lowest BCUT2D eigenvalue weighted by molar-refractivity contribution is -0.143. The third-order valence-electron chi connectivity index (χ3n) is 4.28. The Morgan fingerprint density at radius 1 is 1.00 bits per heavy atom. The number of imidazole rings is 1. The maximum absolute atomic E-state index is 12.7. The summed E-state index contributed by atoms with van der Waals surface area (Å²) in [4.78, 5) is 55.1. The number of carbonyl (C=O) groups excluding carboxylic acids is 3. The molecule has 0 radical (unpaired) electrons. The molecule has 0 bridgehead atoms. The largest absolute Gasteiger partial charge is 0.480 e. The SMILES string of the molecule is CC(C)CC(NC(=O)C(CO)NC(=O)C(Cc1cnc[nH]1)NC(=O)C(N)CO)C(=O)O. The van der Waals surface area contributed by atoms with Crippen molar-refractivity contribution in [3.8, 4) is 0 Å². The van der Waals surface area contributed by atoms with E-state index in [0.717, 1.165) is 0 Å². The van der Waals surface area contributed by atoms with Gasteiger partial charge in [-0.25, -0.2) is 9.78 Å². The Kier molecular flexibility index (Phi) is 10.6. The molecule has 13 heteroatoms. The molecular formula is C18H30N6O7. The van der Waals surface area contributed by atoms with Gasteiger partial charge in [-0.1, -0.05) is 13.8 Å². The van der Waals surface area contributed by atoms with Crippen LogP contribution in [-0.2, 0) is 25.6 Å². The molecule has 9 N–H and O–H groups in total. The van der Waals surface area contributed by atoms with E-state index in [0.29, 0.717) is 5.69 Å². The van der Waals surface area contributed by atoms with E-state index >= 15 is 0 Å². The van der Waals surface area contributed by atoms with E-state index in [1.54, 1.807) is 13.8 Å². The second kappa shape index (κ2) is 12.6. The highest BCUT2D eigenvalue weighted by molar-refractivity contribution is 5.94. The summed E-state index contributed by atoms with van der Waals surface area (Å²) in [5.41, 5.74) is 5.95. The maximum atomic E-state index is 12.7. The average Bonchev–Trinajstić information content (AvgIpc) is 3.22. The molecule has 1 aromatic heterocycles. The van der Waals surface area contributed by atoms with Crippen LogP contribution in [0.1, 0.15) is 26.0 Å². The standard InChI is InChI=1S/C18H30N6O7/c1-9(2)3-13(18(30)31)23-17(29)14(7-26)24-16(28)12(4-10-5-20-8-21-10)22-15(27)11(19)6-25/h5,8-9,11-14,25-26H,3-4,6-7,19H2,1-2H3,(H,20,21)(H,22,27)(H,23,29)(H,24,28)(H,30,31). The van der Waals surface area contributed by atoms with Crippen molar-refractivity contribution in [2.24, 2.45) is 11.7 Å². The van der Waals surface area contributed by atoms with Gasteiger partial charge in [0.05, 0.1) is 19.5 Å². The molecule has 1 aromatic rings. The summed E-state index contributed by atoms with van der Waals surface area (Å²) in [6, 6.07) is -5.12. The Hall–Kier alpha value is -3.03. The quantitative estimate of drug-likeness (QED) is 0.154. The number of carboxylic acid groups (broad SMARTS) is 1. The molecule has 4 unspecified atom stereocenters. The number of amides is 3. The van der Waals surface area contributed by atoms with Crippen LogP contribution < -0.4 is 21.7 Å². The van der Waals surface area contributed by atoms with Gasteiger partial charge in [-0.15, -0.1) is 0 Å². The Bertz CT molecular complexity index is 740. The number of aliphatic hydroxyl groups is 2. The van der Waals surface area contributed by atoms with E-state index in [1.807, 2.05) is 0 Å². The van der Waals surface area contributed by atoms with E-state index in [1.165, 1.54) is 12.5 Å². The molecule has 0 aliphatic rings. The topological polar surface area (TPSA) is 220 Å². The average molecular weight is 442 g/mol. The number of H-pyrrole nitrogens is 1. The Balaban J connectivity index is 2.89. The normalized spacial score (nSPS) is 14.9. The Labute approximate surface area is 178 Å². The lowest BCUT2D eigenvalue weighted by atomic mass is 10.0. The number of aromatic nitrogens is 2. The molecule has 3 amide bonds. The third kappa shape index (κ3) is 8.70. The second-order valence-electron chi connectivity index (χ2n) is 7.40. The van der Waals surface area contributed by atoms with Gasteiger partial charge >= 0.3 is 5.97 Å². The molecule has 0 aromatic carbocycles. The Morgan fingerprint density at radius 2 is 1.58 bits per heavy atom. The molecule has 1 rings (SSSR count). The highest BCUT2D eigenvalue weighted by Gasteiger charge is 2.30. The van der Waals surface area contributed by atoms with Crippen LogP contribution in [0.3, 0.4) is 0 Å². The number of nitrogens with zero attached hydrogens (tertiary/aromatic N) is 1. The molecule has 13 nitrogen and oxygen atoms in total. The fourth-order valence-corrected chi connectivity index (χ4v) is 2.62. The Morgan fingerprint density at radius 3 is 2.06 bits per heavy atom. The molecule has 0 aliphatic carbocycles. The van der Waals surface area contributed by atoms with Crippen LogP contribution >= 0.6 is 0 Å². The van der Waals surface area contributed by atoms with Crippen LogP contribution in [-0.4, -0.2) is 86.4 Å². The fourth-order valence-electron chi connectivity index (χ4n) is 2.62. The summed E-state index contributed by atoms with van der Waals surface area (Å²) >= 11 is 0. The van der Waals surface area contributed by atoms with Crippen molar-refractivity contribution in [3.05, 3.63) is 18.2 Å². The van der Waals surface area contributed by atoms with E-state index in [9.17, 15) is 29.4 Å². The predicted molar refractivity (Wildman–Crippen MR) is 107 cm³/mol. The van der Waals surface area contributed by atoms with Crippen molar-refractivity contribution in [1.29, 1.82) is 0 Å². The van der Waals surface area contributed by atoms with Crippen molar-refractivity contribution < 1.29 is 34.5 Å². The van der Waals surface area contributed by atoms with E-state index < -0.39 is 61.1 Å². The van der Waals surface area contributed by atoms with Gasteiger partial charge in [0.2, 0.25) is 17.7 Å². The minimum atomic E-state index is -1.45. The zero-order chi connectivity index (χ0) is 23.6. The first kappa shape index (κ1) is 26.0. The molecule has 1 heterocycles. The molecular weight excluding hydrogens is 412 g/mol. The van der Waals surface area contributed by atoms with Crippen LogP contribution in [0, 0.1) is 5.92 Å². The van der Waals surface area contributed by atoms with Crippen LogP contribution in [0.5, 0.6) is 0 Å². The predicted octanol–water partition coefficient (Wildman–Crippen LogP) is -3.15. The number of aliphatic carboxylic acids is 1. The summed E-state index contributed by atoms with van der Waals surface area (Å²) in [6.07, 6.45) is 2.92. The number of hydrogen-bond donors (Lipinski definition) is 8. The van der Waals surface area contributed by atoms with Crippen LogP contribution in [0.2, 0.25) is 0 Å². The highest BCUT2D eigenvalue weighted by atomic mass is 16.4. The molecule has 0 saturated heterocycles. The summed E-state index contributed by atoms with van der Waals surface area (Å²) in [7, 11) is 0. The summed E-state index contributed by atoms with van der Waals surface area (Å²) in [5.74, 6) is -3.77. The fraction of sp³-hybridized carbons (Fsp3) is 0.611. The van der Waals surface area contributed by atoms with Crippen molar-refractivity contribution in [3.63, 3.8) is 0 Å². The van der Waals surface area contributed by atoms with Gasteiger partial charge in [-0.2, -0.15) is 0 Å². The first-order chi connectivity index (χ1) is 14.6. The van der Waals surface area contributed by atoms with Crippen molar-refractivity contribution in [1.82, 2.24) is 25.9 Å². The molecule has 4 atom stereocenters. The summed E-state index contributed by atoms with van der Waals surface area (Å²) in [6.45, 7) is 2.13. The van der Waals surface area contributed by atoms with Gasteiger partial charge in [0.15, 0.2) is 0 Å². The lowest BCUT2D eigenvalue weighted by Crippen LogP contribution is -2.58. The summed E-state index contributed by atoms with van der Waals surface area (Å²) in [5, 5.41) is 34.8. The number of nitrogens with one attached hydrogen (secondary N) is 4. The van der Waals surface area contributed by atoms with Gasteiger partial charge in [-0.3, -0.25) is 14.4 Å². The zero-order valence-electron chi connectivity index (χ0n) is 17.4. The first-order valence-electron chi connectivity index (χ1n) is 9.67. The highest BCUT2D eigenvalue weighted by Crippen LogP contribution is 2.06. The van der Waals surface area contributed by atoms with E-state index in [2.05, 4.69) is 25.9 Å². The first-order valence-corrected chi connectivity index (χ1v) is 9.67. The molecule has 0 spiro atoms. The minimum Gasteiger partial charge on any atom is -0.480 e. The molecule has 0 fully saturated rings. The molecule has 174 valence electrons. The van der Waals surface area contributed by atoms with Crippen molar-refractivity contribution >= 4 is 23.7 Å². The number of carboxylic acids is 1. The molecule has 31 heavy (non-hydrogen) atoms. The minimum absolute atomic E-state index is 0.0201. The van der Waals surface area contributed by atoms with Gasteiger partial charge in [0, 0.05) is 18.3 Å². The number of carbonyl (C=O) groups is 4. The lowest BCUT2D eigenvalue weighted by Gasteiger charge is -2.24. The van der Waals surface area contributed by atoms with Gasteiger partial charge in [0.1, 0.15) is 24.2 Å². The molecule has 0 saturated carbocycles. The van der Waals surface area contributed by atoms with Crippen molar-refractivity contribution in [2.75, 3.05) is 13.2 Å². The second-order valence-corrected chi connectivity index (χ2v) is 7.40. The third-order valence-corrected chi connectivity index (χ3v) is 4.28. The smallest absolute Gasteiger partial charge is 0.326 e. The number of nitrogens with two attached hydrogens (primary N) is 1. The number of hydrogen-bond acceptors (Lipinski definition) is 8. The van der Waals surface area contributed by atoms with Crippen LogP contribution in [0.25, 0.3) is 0 Å². The van der Waals surface area contributed by atoms with E-state index in [4.69, 9.17) is 10.8 Å². The summed E-state index contributed by atoms with van der Waals surface area (Å²) < 4.78 is 0. The van der Waals surface area contributed by atoms with Crippen LogP contribution in [0.15, 0.2) is 12.5 Å². The number of rotatable bonds is 13. The van der Waals surface area contributed by atoms with Crippen LogP contribution in [0.4, 0.5) is 0 Å². The monoisotopic (exact) mass is 442 g/mol. The van der Waals surface area contributed by atoms with Gasteiger partial charge in [-0.05, 0) is 12.3 Å². The van der Waals surface area contributed by atoms with E-state index in [-0.39, 0.29) is 18.8 Å². The van der Waals surface area contributed by atoms with Gasteiger partial charge in [0.25, 0.3) is 0 Å². The zero-order valence-corrected chi connectivity index (χ0v) is 17.4.